The van der Waals surface area contributed by atoms with Gasteiger partial charge in [0.25, 0.3) is 0 Å². The predicted molar refractivity (Wildman–Crippen MR) is 92.5 cm³/mol. The fourth-order valence-corrected chi connectivity index (χ4v) is 3.14. The first kappa shape index (κ1) is 19.6. The Balaban J connectivity index is 2.41. The van der Waals surface area contributed by atoms with Crippen LogP contribution in [0.25, 0.3) is 0 Å². The largest absolute Gasteiger partial charge is 0.444 e. The molecule has 0 spiro atoms. The van der Waals surface area contributed by atoms with Gasteiger partial charge in [0.1, 0.15) is 5.60 Å². The van der Waals surface area contributed by atoms with Crippen molar-refractivity contribution < 1.29 is 14.6 Å². The molecule has 0 atom stereocenters. The molecule has 1 amide bonds. The SMILES string of the molecule is CC(C)SCCNC1(CO)CCN(C(=O)OC(C)(C)C)CC1. The normalized spacial score (nSPS) is 18.6. The van der Waals surface area contributed by atoms with E-state index in [1.54, 1.807) is 4.90 Å². The molecule has 0 aromatic rings. The fourth-order valence-electron chi connectivity index (χ4n) is 2.45. The van der Waals surface area contributed by atoms with Crippen molar-refractivity contribution in [2.24, 2.45) is 0 Å². The van der Waals surface area contributed by atoms with Crippen LogP contribution in [-0.4, -0.2) is 64.5 Å². The van der Waals surface area contributed by atoms with E-state index in [1.807, 2.05) is 32.5 Å². The van der Waals surface area contributed by atoms with Gasteiger partial charge in [-0.3, -0.25) is 0 Å². The van der Waals surface area contributed by atoms with E-state index < -0.39 is 5.60 Å². The van der Waals surface area contributed by atoms with Crippen LogP contribution in [0.1, 0.15) is 47.5 Å². The Bertz CT molecular complexity index is 348. The monoisotopic (exact) mass is 332 g/mol. The van der Waals surface area contributed by atoms with Crippen molar-refractivity contribution in [3.8, 4) is 0 Å². The van der Waals surface area contributed by atoms with Crippen LogP contribution in [0.4, 0.5) is 4.79 Å². The smallest absolute Gasteiger partial charge is 0.410 e. The van der Waals surface area contributed by atoms with Gasteiger partial charge in [-0.25, -0.2) is 4.79 Å². The molecule has 1 rings (SSSR count). The predicted octanol–water partition coefficient (Wildman–Crippen LogP) is 2.48. The molecule has 0 unspecified atom stereocenters. The Kier molecular flexibility index (Phi) is 7.49. The van der Waals surface area contributed by atoms with Gasteiger partial charge in [0.05, 0.1) is 6.61 Å². The van der Waals surface area contributed by atoms with E-state index >= 15 is 0 Å². The average molecular weight is 333 g/mol. The Morgan fingerprint density at radius 2 is 1.95 bits per heavy atom. The molecule has 6 heteroatoms. The lowest BCUT2D eigenvalue weighted by atomic mass is 9.88. The zero-order valence-electron chi connectivity index (χ0n) is 14.6. The number of hydrogen-bond donors (Lipinski definition) is 2. The Labute approximate surface area is 139 Å². The van der Waals surface area contributed by atoms with Gasteiger partial charge >= 0.3 is 6.09 Å². The van der Waals surface area contributed by atoms with Gasteiger partial charge in [-0.15, -0.1) is 0 Å². The van der Waals surface area contributed by atoms with E-state index in [1.165, 1.54) is 0 Å². The van der Waals surface area contributed by atoms with Gasteiger partial charge < -0.3 is 20.1 Å². The summed E-state index contributed by atoms with van der Waals surface area (Å²) >= 11 is 1.91. The Morgan fingerprint density at radius 3 is 2.41 bits per heavy atom. The maximum Gasteiger partial charge on any atom is 0.410 e. The topological polar surface area (TPSA) is 61.8 Å². The molecular weight excluding hydrogens is 300 g/mol. The summed E-state index contributed by atoms with van der Waals surface area (Å²) in [6.07, 6.45) is 1.26. The molecule has 22 heavy (non-hydrogen) atoms. The number of ether oxygens (including phenoxy) is 1. The Morgan fingerprint density at radius 1 is 1.36 bits per heavy atom. The number of aliphatic hydroxyl groups is 1. The molecule has 1 saturated heterocycles. The summed E-state index contributed by atoms with van der Waals surface area (Å²) in [5, 5.41) is 13.9. The quantitative estimate of drug-likeness (QED) is 0.732. The maximum atomic E-state index is 12.1. The second-order valence-electron chi connectivity index (χ2n) is 7.25. The standard InChI is InChI=1S/C16H32N2O3S/c1-13(2)22-11-8-17-16(12-19)6-9-18(10-7-16)14(20)21-15(3,4)5/h13,17,19H,6-12H2,1-5H3. The number of carbonyl (C=O) groups is 1. The number of rotatable bonds is 6. The lowest BCUT2D eigenvalue weighted by molar-refractivity contribution is 0.00952. The van der Waals surface area contributed by atoms with Gasteiger partial charge in [-0.05, 0) is 38.9 Å². The van der Waals surface area contributed by atoms with E-state index in [-0.39, 0.29) is 18.2 Å². The van der Waals surface area contributed by atoms with Crippen LogP contribution in [0.3, 0.4) is 0 Å². The van der Waals surface area contributed by atoms with E-state index in [9.17, 15) is 9.90 Å². The van der Waals surface area contributed by atoms with Crippen molar-refractivity contribution in [3.05, 3.63) is 0 Å². The van der Waals surface area contributed by atoms with Gasteiger partial charge in [0, 0.05) is 30.9 Å². The highest BCUT2D eigenvalue weighted by atomic mass is 32.2. The molecule has 1 aliphatic rings. The second kappa shape index (κ2) is 8.41. The highest BCUT2D eigenvalue weighted by Gasteiger charge is 2.36. The summed E-state index contributed by atoms with van der Waals surface area (Å²) < 4.78 is 5.40. The number of nitrogens with zero attached hydrogens (tertiary/aromatic N) is 1. The van der Waals surface area contributed by atoms with Crippen LogP contribution in [0, 0.1) is 0 Å². The molecule has 1 fully saturated rings. The highest BCUT2D eigenvalue weighted by Crippen LogP contribution is 2.23. The number of nitrogens with one attached hydrogen (secondary N) is 1. The zero-order chi connectivity index (χ0) is 16.8. The number of amides is 1. The molecule has 0 aromatic carbocycles. The Hall–Kier alpha value is -0.460. The van der Waals surface area contributed by atoms with Crippen LogP contribution >= 0.6 is 11.8 Å². The molecule has 0 aromatic heterocycles. The number of thioether (sulfide) groups is 1. The van der Waals surface area contributed by atoms with E-state index in [2.05, 4.69) is 19.2 Å². The van der Waals surface area contributed by atoms with E-state index in [0.717, 1.165) is 25.1 Å². The number of likely N-dealkylation sites (tertiary alicyclic amines) is 1. The van der Waals surface area contributed by atoms with Gasteiger partial charge in [0.2, 0.25) is 0 Å². The van der Waals surface area contributed by atoms with Crippen molar-refractivity contribution in [1.29, 1.82) is 0 Å². The highest BCUT2D eigenvalue weighted by molar-refractivity contribution is 7.99. The number of hydrogen-bond acceptors (Lipinski definition) is 5. The van der Waals surface area contributed by atoms with Crippen LogP contribution < -0.4 is 5.32 Å². The van der Waals surface area contributed by atoms with Crippen LogP contribution in [0.15, 0.2) is 0 Å². The molecule has 0 bridgehead atoms. The minimum Gasteiger partial charge on any atom is -0.444 e. The van der Waals surface area contributed by atoms with E-state index in [0.29, 0.717) is 18.3 Å². The molecule has 130 valence electrons. The molecule has 2 N–H and O–H groups in total. The third-order valence-electron chi connectivity index (χ3n) is 3.73. The van der Waals surface area contributed by atoms with Crippen molar-refractivity contribution in [1.82, 2.24) is 10.2 Å². The average Bonchev–Trinajstić information content (AvgIpc) is 2.42. The van der Waals surface area contributed by atoms with Crippen LogP contribution in [0.2, 0.25) is 0 Å². The number of piperidine rings is 1. The summed E-state index contributed by atoms with van der Waals surface area (Å²) in [5.41, 5.74) is -0.717. The molecule has 0 radical (unpaired) electrons. The zero-order valence-corrected chi connectivity index (χ0v) is 15.5. The first-order valence-corrected chi connectivity index (χ1v) is 9.18. The second-order valence-corrected chi connectivity index (χ2v) is 8.94. The molecular formula is C16H32N2O3S. The molecule has 1 heterocycles. The maximum absolute atomic E-state index is 12.1. The third kappa shape index (κ3) is 6.75. The lowest BCUT2D eigenvalue weighted by Gasteiger charge is -2.41. The summed E-state index contributed by atoms with van der Waals surface area (Å²) in [6.45, 7) is 12.2. The number of carbonyl (C=O) groups excluding carboxylic acids is 1. The van der Waals surface area contributed by atoms with Gasteiger partial charge in [-0.2, -0.15) is 11.8 Å². The van der Waals surface area contributed by atoms with Crippen molar-refractivity contribution >= 4 is 17.9 Å². The first-order chi connectivity index (χ1) is 10.2. The van der Waals surface area contributed by atoms with Crippen molar-refractivity contribution in [2.45, 2.75) is 63.9 Å². The van der Waals surface area contributed by atoms with Gasteiger partial charge in [0.15, 0.2) is 0 Å². The van der Waals surface area contributed by atoms with Crippen molar-refractivity contribution in [2.75, 3.05) is 32.0 Å². The van der Waals surface area contributed by atoms with Gasteiger partial charge in [-0.1, -0.05) is 13.8 Å². The molecule has 5 nitrogen and oxygen atoms in total. The van der Waals surface area contributed by atoms with Crippen molar-refractivity contribution in [3.63, 3.8) is 0 Å². The minimum absolute atomic E-state index is 0.113. The van der Waals surface area contributed by atoms with Crippen LogP contribution in [-0.2, 0) is 4.74 Å². The molecule has 0 aliphatic carbocycles. The minimum atomic E-state index is -0.463. The fraction of sp³-hybridized carbons (Fsp3) is 0.938. The lowest BCUT2D eigenvalue weighted by Crippen LogP contribution is -2.57. The molecule has 0 saturated carbocycles. The summed E-state index contributed by atoms with van der Waals surface area (Å²) in [4.78, 5) is 13.8. The third-order valence-corrected chi connectivity index (χ3v) is 4.83. The summed E-state index contributed by atoms with van der Waals surface area (Å²) in [7, 11) is 0. The molecule has 1 aliphatic heterocycles. The number of aliphatic hydroxyl groups excluding tert-OH is 1. The van der Waals surface area contributed by atoms with Crippen LogP contribution in [0.5, 0.6) is 0 Å². The first-order valence-electron chi connectivity index (χ1n) is 8.13. The summed E-state index contributed by atoms with van der Waals surface area (Å²) in [6, 6.07) is 0. The van der Waals surface area contributed by atoms with E-state index in [4.69, 9.17) is 4.74 Å². The summed E-state index contributed by atoms with van der Waals surface area (Å²) in [5.74, 6) is 1.04.